The summed E-state index contributed by atoms with van der Waals surface area (Å²) in [6, 6.07) is 2.19. The van der Waals surface area contributed by atoms with Crippen LogP contribution in [0.1, 0.15) is 24.4 Å². The molecule has 2 rings (SSSR count). The summed E-state index contributed by atoms with van der Waals surface area (Å²) in [5.41, 5.74) is 6.07. The average molecular weight is 184 g/mol. The van der Waals surface area contributed by atoms with Gasteiger partial charge in [-0.05, 0) is 30.9 Å². The van der Waals surface area contributed by atoms with E-state index in [4.69, 9.17) is 5.73 Å². The summed E-state index contributed by atoms with van der Waals surface area (Å²) in [6.07, 6.45) is 2.05. The van der Waals surface area contributed by atoms with Crippen LogP contribution >= 0.6 is 0 Å². The molecule has 1 aliphatic carbocycles. The molecule has 0 amide bonds. The Bertz CT molecular complexity index is 323. The van der Waals surface area contributed by atoms with E-state index in [0.29, 0.717) is 11.5 Å². The third-order valence-electron chi connectivity index (χ3n) is 2.33. The number of hydrogen-bond donors (Lipinski definition) is 1. The lowest BCUT2D eigenvalue weighted by molar-refractivity contribution is 0.482. The first-order valence-electron chi connectivity index (χ1n) is 4.26. The van der Waals surface area contributed by atoms with Gasteiger partial charge in [-0.15, -0.1) is 0 Å². The summed E-state index contributed by atoms with van der Waals surface area (Å²) in [6.45, 7) is 0. The number of hydrogen-bond acceptors (Lipinski definition) is 2. The molecule has 0 spiro atoms. The van der Waals surface area contributed by atoms with Gasteiger partial charge in [-0.2, -0.15) is 13.8 Å². The standard InChI is InChI=1S/C9H10F2N2/c10-7-4-3-6(9(11)13-7)8(12)5-1-2-5/h3-5,8H,1-2,12H2/t8-/m0/s1. The van der Waals surface area contributed by atoms with Crippen molar-refractivity contribution < 1.29 is 8.78 Å². The Labute approximate surface area is 74.8 Å². The van der Waals surface area contributed by atoms with Crippen molar-refractivity contribution in [3.05, 3.63) is 29.6 Å². The van der Waals surface area contributed by atoms with Crippen LogP contribution in [-0.4, -0.2) is 4.98 Å². The predicted molar refractivity (Wildman–Crippen MR) is 43.8 cm³/mol. The first-order valence-corrected chi connectivity index (χ1v) is 4.26. The van der Waals surface area contributed by atoms with E-state index in [1.807, 2.05) is 0 Å². The van der Waals surface area contributed by atoms with Crippen LogP contribution in [-0.2, 0) is 0 Å². The zero-order valence-electron chi connectivity index (χ0n) is 7.00. The fourth-order valence-electron chi connectivity index (χ4n) is 1.38. The lowest BCUT2D eigenvalue weighted by Crippen LogP contribution is -2.15. The topological polar surface area (TPSA) is 38.9 Å². The van der Waals surface area contributed by atoms with Gasteiger partial charge in [-0.1, -0.05) is 0 Å². The van der Waals surface area contributed by atoms with Crippen molar-refractivity contribution in [1.82, 2.24) is 4.98 Å². The van der Waals surface area contributed by atoms with Crippen LogP contribution in [0.15, 0.2) is 12.1 Å². The maximum Gasteiger partial charge on any atom is 0.220 e. The molecule has 1 aromatic rings. The minimum Gasteiger partial charge on any atom is -0.324 e. The molecule has 4 heteroatoms. The van der Waals surface area contributed by atoms with Crippen molar-refractivity contribution >= 4 is 0 Å². The summed E-state index contributed by atoms with van der Waals surface area (Å²) in [7, 11) is 0. The van der Waals surface area contributed by atoms with E-state index in [-0.39, 0.29) is 6.04 Å². The van der Waals surface area contributed by atoms with Crippen LogP contribution < -0.4 is 5.73 Å². The van der Waals surface area contributed by atoms with Gasteiger partial charge < -0.3 is 5.73 Å². The average Bonchev–Trinajstić information content (AvgIpc) is 2.85. The normalized spacial score (nSPS) is 18.7. The van der Waals surface area contributed by atoms with E-state index in [0.717, 1.165) is 18.9 Å². The zero-order chi connectivity index (χ0) is 9.42. The van der Waals surface area contributed by atoms with Crippen LogP contribution in [0, 0.1) is 17.8 Å². The molecule has 0 unspecified atom stereocenters. The fourth-order valence-corrected chi connectivity index (χ4v) is 1.38. The molecule has 0 saturated heterocycles. The van der Waals surface area contributed by atoms with Crippen molar-refractivity contribution in [3.63, 3.8) is 0 Å². The Morgan fingerprint density at radius 1 is 1.38 bits per heavy atom. The van der Waals surface area contributed by atoms with Crippen LogP contribution in [0.4, 0.5) is 8.78 Å². The molecule has 1 saturated carbocycles. The molecule has 1 atom stereocenters. The Morgan fingerprint density at radius 2 is 2.08 bits per heavy atom. The van der Waals surface area contributed by atoms with Gasteiger partial charge in [0.1, 0.15) is 0 Å². The van der Waals surface area contributed by atoms with Crippen molar-refractivity contribution in [3.8, 4) is 0 Å². The zero-order valence-corrected chi connectivity index (χ0v) is 7.00. The first kappa shape index (κ1) is 8.56. The van der Waals surface area contributed by atoms with E-state index < -0.39 is 11.9 Å². The molecule has 2 N–H and O–H groups in total. The van der Waals surface area contributed by atoms with Gasteiger partial charge in [0.05, 0.1) is 0 Å². The molecule has 1 heterocycles. The molecule has 2 nitrogen and oxygen atoms in total. The summed E-state index contributed by atoms with van der Waals surface area (Å²) in [5.74, 6) is -1.23. The van der Waals surface area contributed by atoms with E-state index in [1.165, 1.54) is 6.07 Å². The van der Waals surface area contributed by atoms with E-state index >= 15 is 0 Å². The second-order valence-corrected chi connectivity index (χ2v) is 3.38. The highest BCUT2D eigenvalue weighted by atomic mass is 19.1. The van der Waals surface area contributed by atoms with E-state index in [2.05, 4.69) is 4.98 Å². The van der Waals surface area contributed by atoms with E-state index in [9.17, 15) is 8.78 Å². The van der Waals surface area contributed by atoms with Crippen LogP contribution in [0.3, 0.4) is 0 Å². The fraction of sp³-hybridized carbons (Fsp3) is 0.444. The number of nitrogens with zero attached hydrogens (tertiary/aromatic N) is 1. The molecule has 13 heavy (non-hydrogen) atoms. The molecule has 0 radical (unpaired) electrons. The lowest BCUT2D eigenvalue weighted by Gasteiger charge is -2.10. The van der Waals surface area contributed by atoms with Gasteiger partial charge in [-0.25, -0.2) is 0 Å². The monoisotopic (exact) mass is 184 g/mol. The molecule has 1 aromatic heterocycles. The number of halogens is 2. The number of aromatic nitrogens is 1. The largest absolute Gasteiger partial charge is 0.324 e. The third kappa shape index (κ3) is 1.67. The van der Waals surface area contributed by atoms with Gasteiger partial charge in [0.2, 0.25) is 11.9 Å². The van der Waals surface area contributed by atoms with Gasteiger partial charge >= 0.3 is 0 Å². The van der Waals surface area contributed by atoms with Crippen molar-refractivity contribution in [2.24, 2.45) is 11.7 Å². The molecule has 1 fully saturated rings. The first-order chi connectivity index (χ1) is 6.18. The van der Waals surface area contributed by atoms with E-state index in [1.54, 1.807) is 0 Å². The highest BCUT2D eigenvalue weighted by molar-refractivity contribution is 5.18. The SMILES string of the molecule is N[C@H](c1ccc(F)nc1F)C1CC1. The molecule has 1 aliphatic rings. The number of pyridine rings is 1. The maximum absolute atomic E-state index is 13.1. The Kier molecular flexibility index (Phi) is 2.00. The minimum atomic E-state index is -0.802. The highest BCUT2D eigenvalue weighted by Gasteiger charge is 2.31. The van der Waals surface area contributed by atoms with Crippen LogP contribution in [0.2, 0.25) is 0 Å². The van der Waals surface area contributed by atoms with Crippen molar-refractivity contribution in [2.75, 3.05) is 0 Å². The van der Waals surface area contributed by atoms with Gasteiger partial charge in [0.25, 0.3) is 0 Å². The summed E-state index contributed by atoms with van der Waals surface area (Å²) in [4.78, 5) is 3.09. The van der Waals surface area contributed by atoms with Crippen LogP contribution in [0.5, 0.6) is 0 Å². The molecule has 0 bridgehead atoms. The predicted octanol–water partition coefficient (Wildman–Crippen LogP) is 1.77. The second-order valence-electron chi connectivity index (χ2n) is 3.38. The van der Waals surface area contributed by atoms with Gasteiger partial charge in [0.15, 0.2) is 0 Å². The molecule has 70 valence electrons. The Balaban J connectivity index is 2.28. The third-order valence-corrected chi connectivity index (χ3v) is 2.33. The van der Waals surface area contributed by atoms with Crippen LogP contribution in [0.25, 0.3) is 0 Å². The lowest BCUT2D eigenvalue weighted by atomic mass is 10.1. The highest BCUT2D eigenvalue weighted by Crippen LogP contribution is 2.39. The smallest absolute Gasteiger partial charge is 0.220 e. The van der Waals surface area contributed by atoms with Crippen molar-refractivity contribution in [2.45, 2.75) is 18.9 Å². The molecule has 0 aliphatic heterocycles. The molecular weight excluding hydrogens is 174 g/mol. The van der Waals surface area contributed by atoms with Crippen molar-refractivity contribution in [1.29, 1.82) is 0 Å². The maximum atomic E-state index is 13.1. The minimum absolute atomic E-state index is 0.323. The quantitative estimate of drug-likeness (QED) is 0.711. The molecule has 0 aromatic carbocycles. The molecular formula is C9H10F2N2. The Morgan fingerprint density at radius 3 is 2.62 bits per heavy atom. The summed E-state index contributed by atoms with van der Waals surface area (Å²) in [5, 5.41) is 0. The van der Waals surface area contributed by atoms with Gasteiger partial charge in [0, 0.05) is 11.6 Å². The summed E-state index contributed by atoms with van der Waals surface area (Å²) >= 11 is 0. The number of nitrogens with two attached hydrogens (primary N) is 1. The van der Waals surface area contributed by atoms with Gasteiger partial charge in [-0.3, -0.25) is 0 Å². The number of rotatable bonds is 2. The summed E-state index contributed by atoms with van der Waals surface area (Å²) < 4.78 is 25.5. The second kappa shape index (κ2) is 3.03. The Hall–Kier alpha value is -1.03.